The number of amides is 1. The molecule has 1 amide bonds. The van der Waals surface area contributed by atoms with Crippen molar-refractivity contribution >= 4 is 47.1 Å². The zero-order chi connectivity index (χ0) is 31.4. The van der Waals surface area contributed by atoms with Crippen molar-refractivity contribution in [1.29, 1.82) is 0 Å². The van der Waals surface area contributed by atoms with Gasteiger partial charge in [0.05, 0.1) is 12.8 Å². The number of nitrogens with zero attached hydrogens (tertiary/aromatic N) is 2. The van der Waals surface area contributed by atoms with Gasteiger partial charge in [-0.1, -0.05) is 35.9 Å². The van der Waals surface area contributed by atoms with Crippen LogP contribution in [-0.2, 0) is 16.0 Å². The number of benzene rings is 4. The summed E-state index contributed by atoms with van der Waals surface area (Å²) in [6.07, 6.45) is 0.632. The lowest BCUT2D eigenvalue weighted by atomic mass is 10.0. The van der Waals surface area contributed by atoms with Crippen molar-refractivity contribution in [1.82, 2.24) is 4.72 Å². The van der Waals surface area contributed by atoms with E-state index < -0.39 is 12.0 Å². The molecule has 228 valence electrons. The number of methoxy groups -OCH3 is 1. The number of aryl methyl sites for hydroxylation is 3. The number of hydrogen-bond donors (Lipinski definition) is 2. The zero-order valence-electron chi connectivity index (χ0n) is 25.0. The fourth-order valence-corrected chi connectivity index (χ4v) is 7.28. The first kappa shape index (κ1) is 31.3. The average Bonchev–Trinajstić information content (AvgIpc) is 3.42. The Bertz CT molecular complexity index is 1660. The Kier molecular flexibility index (Phi) is 9.71. The van der Waals surface area contributed by atoms with Crippen LogP contribution in [0.1, 0.15) is 33.9 Å². The molecule has 1 heterocycles. The molecule has 0 saturated carbocycles. The van der Waals surface area contributed by atoms with Crippen molar-refractivity contribution in [2.24, 2.45) is 0 Å². The van der Waals surface area contributed by atoms with Crippen molar-refractivity contribution in [2.75, 3.05) is 29.4 Å². The SMILES string of the molecule is COc1cccc(C(C(=O)NSc2ccc(F)cc2)N2CCc3c(N(CC(=O)O)Sc4c(C)cc(C)cc4C)cccc32)c1. The maximum absolute atomic E-state index is 13.9. The highest BCUT2D eigenvalue weighted by Crippen LogP contribution is 2.44. The number of ether oxygens (including phenoxy) is 1. The number of aliphatic carboxylic acids is 1. The molecule has 0 radical (unpaired) electrons. The van der Waals surface area contributed by atoms with Crippen LogP contribution in [-0.4, -0.2) is 37.2 Å². The van der Waals surface area contributed by atoms with Crippen LogP contribution in [0.2, 0.25) is 0 Å². The van der Waals surface area contributed by atoms with E-state index in [2.05, 4.69) is 28.7 Å². The standard InChI is InChI=1S/C34H34FN3O4S2/c1-21-17-22(2)33(23(3)18-21)44-38(20-31(39)40)30-10-6-9-29-28(30)15-16-37(29)32(24-7-5-8-26(19-24)42-4)34(41)36-43-27-13-11-25(35)12-14-27/h5-14,17-19,32H,15-16,20H2,1-4H3,(H,36,41)(H,39,40). The Labute approximate surface area is 265 Å². The van der Waals surface area contributed by atoms with Gasteiger partial charge in [-0.15, -0.1) is 0 Å². The van der Waals surface area contributed by atoms with Gasteiger partial charge in [-0.05, 0) is 116 Å². The van der Waals surface area contributed by atoms with Gasteiger partial charge in [0, 0.05) is 27.6 Å². The monoisotopic (exact) mass is 631 g/mol. The summed E-state index contributed by atoms with van der Waals surface area (Å²) >= 11 is 2.56. The first-order valence-corrected chi connectivity index (χ1v) is 15.7. The third-order valence-corrected chi connectivity index (χ3v) is 9.63. The molecule has 7 nitrogen and oxygen atoms in total. The van der Waals surface area contributed by atoms with E-state index in [9.17, 15) is 19.1 Å². The topological polar surface area (TPSA) is 82.1 Å². The van der Waals surface area contributed by atoms with Crippen LogP contribution in [0.5, 0.6) is 5.75 Å². The third-order valence-electron chi connectivity index (χ3n) is 7.45. The Balaban J connectivity index is 1.51. The molecular formula is C34H34FN3O4S2. The number of carbonyl (C=O) groups excluding carboxylic acids is 1. The average molecular weight is 632 g/mol. The van der Waals surface area contributed by atoms with E-state index in [4.69, 9.17) is 4.74 Å². The molecule has 1 unspecified atom stereocenters. The highest BCUT2D eigenvalue weighted by atomic mass is 32.2. The number of carboxylic acids is 1. The van der Waals surface area contributed by atoms with Crippen LogP contribution in [0.25, 0.3) is 0 Å². The predicted molar refractivity (Wildman–Crippen MR) is 175 cm³/mol. The molecule has 0 saturated heterocycles. The lowest BCUT2D eigenvalue weighted by molar-refractivity contribution is -0.135. The van der Waals surface area contributed by atoms with Crippen molar-refractivity contribution in [3.63, 3.8) is 0 Å². The Morgan fingerprint density at radius 2 is 1.73 bits per heavy atom. The molecule has 0 spiro atoms. The fraction of sp³-hybridized carbons (Fsp3) is 0.235. The van der Waals surface area contributed by atoms with Gasteiger partial charge in [0.15, 0.2) is 0 Å². The van der Waals surface area contributed by atoms with E-state index in [1.54, 1.807) is 19.2 Å². The Morgan fingerprint density at radius 1 is 1.02 bits per heavy atom. The number of fused-ring (bicyclic) bond motifs is 1. The molecule has 0 fully saturated rings. The molecule has 44 heavy (non-hydrogen) atoms. The van der Waals surface area contributed by atoms with Crippen molar-refractivity contribution in [3.05, 3.63) is 112 Å². The second kappa shape index (κ2) is 13.7. The summed E-state index contributed by atoms with van der Waals surface area (Å²) in [7, 11) is 1.59. The van der Waals surface area contributed by atoms with Gasteiger partial charge in [0.1, 0.15) is 24.2 Å². The van der Waals surface area contributed by atoms with E-state index in [1.165, 1.54) is 24.1 Å². The molecule has 0 aromatic heterocycles. The minimum atomic E-state index is -0.932. The molecule has 1 atom stereocenters. The van der Waals surface area contributed by atoms with Crippen LogP contribution < -0.4 is 18.7 Å². The van der Waals surface area contributed by atoms with E-state index in [0.717, 1.165) is 56.0 Å². The molecule has 4 aromatic carbocycles. The quantitative estimate of drug-likeness (QED) is 0.167. The van der Waals surface area contributed by atoms with Crippen molar-refractivity contribution < 1.29 is 23.8 Å². The minimum Gasteiger partial charge on any atom is -0.497 e. The van der Waals surface area contributed by atoms with E-state index >= 15 is 0 Å². The number of carboxylic acid groups (broad SMARTS) is 1. The number of nitrogens with one attached hydrogen (secondary N) is 1. The fourth-order valence-electron chi connectivity index (χ4n) is 5.61. The van der Waals surface area contributed by atoms with Crippen LogP contribution in [0, 0.1) is 26.6 Å². The van der Waals surface area contributed by atoms with Gasteiger partial charge < -0.3 is 19.0 Å². The van der Waals surface area contributed by atoms with Gasteiger partial charge in [-0.3, -0.25) is 14.3 Å². The van der Waals surface area contributed by atoms with E-state index in [1.807, 2.05) is 60.6 Å². The summed E-state index contributed by atoms with van der Waals surface area (Å²) in [5.41, 5.74) is 6.74. The molecule has 1 aliphatic heterocycles. The lowest BCUT2D eigenvalue weighted by Gasteiger charge is -2.31. The number of carbonyl (C=O) groups is 2. The molecule has 0 bridgehead atoms. The predicted octanol–water partition coefficient (Wildman–Crippen LogP) is 7.29. The molecule has 2 N–H and O–H groups in total. The molecule has 1 aliphatic rings. The molecule has 4 aromatic rings. The number of hydrogen-bond acceptors (Lipinski definition) is 7. The van der Waals surface area contributed by atoms with Gasteiger partial charge in [0.25, 0.3) is 5.91 Å². The van der Waals surface area contributed by atoms with Crippen LogP contribution in [0.15, 0.2) is 88.7 Å². The van der Waals surface area contributed by atoms with Crippen molar-refractivity contribution in [2.45, 2.75) is 43.0 Å². The first-order chi connectivity index (χ1) is 21.1. The van der Waals surface area contributed by atoms with Crippen molar-refractivity contribution in [3.8, 4) is 5.75 Å². The molecule has 5 rings (SSSR count). The summed E-state index contributed by atoms with van der Waals surface area (Å²) in [5.74, 6) is -0.887. The van der Waals surface area contributed by atoms with Crippen LogP contribution in [0.3, 0.4) is 0 Å². The van der Waals surface area contributed by atoms with Gasteiger partial charge in [-0.25, -0.2) is 4.39 Å². The third kappa shape index (κ3) is 6.97. The van der Waals surface area contributed by atoms with Crippen LogP contribution in [0.4, 0.5) is 15.8 Å². The van der Waals surface area contributed by atoms with Crippen LogP contribution >= 0.6 is 23.9 Å². The summed E-state index contributed by atoms with van der Waals surface area (Å²) in [4.78, 5) is 29.8. The summed E-state index contributed by atoms with van der Waals surface area (Å²) in [6, 6.07) is 22.7. The normalized spacial score (nSPS) is 12.9. The largest absolute Gasteiger partial charge is 0.497 e. The summed E-state index contributed by atoms with van der Waals surface area (Å²) < 4.78 is 23.7. The molecule has 10 heteroatoms. The smallest absolute Gasteiger partial charge is 0.324 e. The number of anilines is 2. The number of halogens is 1. The van der Waals surface area contributed by atoms with E-state index in [0.29, 0.717) is 23.6 Å². The van der Waals surface area contributed by atoms with Gasteiger partial charge in [-0.2, -0.15) is 0 Å². The Morgan fingerprint density at radius 3 is 2.41 bits per heavy atom. The maximum atomic E-state index is 13.9. The summed E-state index contributed by atoms with van der Waals surface area (Å²) in [5, 5.41) is 9.88. The molecular weight excluding hydrogens is 598 g/mol. The number of rotatable bonds is 11. The minimum absolute atomic E-state index is 0.192. The highest BCUT2D eigenvalue weighted by Gasteiger charge is 2.35. The zero-order valence-corrected chi connectivity index (χ0v) is 26.6. The summed E-state index contributed by atoms with van der Waals surface area (Å²) in [6.45, 7) is 6.49. The second-order valence-electron chi connectivity index (χ2n) is 10.7. The Hall–Kier alpha value is -4.15. The maximum Gasteiger partial charge on any atom is 0.324 e. The van der Waals surface area contributed by atoms with E-state index in [-0.39, 0.29) is 18.3 Å². The second-order valence-corrected chi connectivity index (χ2v) is 12.6. The highest BCUT2D eigenvalue weighted by molar-refractivity contribution is 8.00. The van der Waals surface area contributed by atoms with Gasteiger partial charge in [0.2, 0.25) is 0 Å². The van der Waals surface area contributed by atoms with Gasteiger partial charge >= 0.3 is 5.97 Å². The first-order valence-electron chi connectivity index (χ1n) is 14.1. The molecule has 0 aliphatic carbocycles. The lowest BCUT2D eigenvalue weighted by Crippen LogP contribution is -2.37.